The van der Waals surface area contributed by atoms with Crippen molar-refractivity contribution in [2.75, 3.05) is 7.11 Å². The molecule has 0 radical (unpaired) electrons. The number of hydrogen-bond donors (Lipinski definition) is 0. The molecule has 0 heterocycles. The van der Waals surface area contributed by atoms with Crippen molar-refractivity contribution in [3.05, 3.63) is 11.6 Å². The number of ether oxygens (including phenoxy) is 1. The lowest BCUT2D eigenvalue weighted by Gasteiger charge is -1.99. The van der Waals surface area contributed by atoms with Crippen molar-refractivity contribution in [3.8, 4) is 11.8 Å². The van der Waals surface area contributed by atoms with Crippen molar-refractivity contribution >= 4 is 5.97 Å². The smallest absolute Gasteiger partial charge is 0.331 e. The highest BCUT2D eigenvalue weighted by Gasteiger charge is 1.99. The second-order valence-electron chi connectivity index (χ2n) is 4.76. The molecule has 0 saturated heterocycles. The van der Waals surface area contributed by atoms with Crippen molar-refractivity contribution in [3.63, 3.8) is 0 Å². The van der Waals surface area contributed by atoms with Crippen LogP contribution in [0, 0.1) is 11.8 Å². The van der Waals surface area contributed by atoms with E-state index in [4.69, 9.17) is 0 Å². The van der Waals surface area contributed by atoms with Gasteiger partial charge < -0.3 is 4.74 Å². The highest BCUT2D eigenvalue weighted by atomic mass is 16.5. The minimum atomic E-state index is -0.299. The van der Waals surface area contributed by atoms with Gasteiger partial charge in [-0.25, -0.2) is 4.79 Å². The molecule has 0 spiro atoms. The lowest BCUT2D eigenvalue weighted by atomic mass is 10.1. The molecule has 0 bridgehead atoms. The van der Waals surface area contributed by atoms with Gasteiger partial charge in [-0.1, -0.05) is 57.8 Å². The molecule has 0 aliphatic rings. The lowest BCUT2D eigenvalue weighted by molar-refractivity contribution is -0.134. The summed E-state index contributed by atoms with van der Waals surface area (Å²) in [5.74, 6) is 6.01. The fraction of sp³-hybridized carbons (Fsp3) is 0.706. The molecule has 0 aromatic rings. The van der Waals surface area contributed by atoms with E-state index in [1.807, 2.05) is 0 Å². The van der Waals surface area contributed by atoms with E-state index in [-0.39, 0.29) is 5.97 Å². The number of hydrogen-bond acceptors (Lipinski definition) is 2. The third kappa shape index (κ3) is 11.6. The normalized spacial score (nSPS) is 10.8. The van der Waals surface area contributed by atoms with E-state index in [0.29, 0.717) is 0 Å². The van der Waals surface area contributed by atoms with E-state index in [2.05, 4.69) is 30.4 Å². The Morgan fingerprint density at radius 1 is 1.05 bits per heavy atom. The molecule has 0 N–H and O–H groups in total. The Bertz CT molecular complexity index is 318. The summed E-state index contributed by atoms with van der Waals surface area (Å²) < 4.78 is 4.66. The van der Waals surface area contributed by atoms with E-state index in [1.54, 1.807) is 0 Å². The minimum Gasteiger partial charge on any atom is -0.466 e. The number of carbonyl (C=O) groups is 1. The van der Waals surface area contributed by atoms with E-state index >= 15 is 0 Å². The molecule has 0 aliphatic heterocycles. The third-order valence-electron chi connectivity index (χ3n) is 2.95. The van der Waals surface area contributed by atoms with E-state index < -0.39 is 0 Å². The minimum absolute atomic E-state index is 0.299. The Hall–Kier alpha value is -1.23. The molecule has 0 aliphatic carbocycles. The number of carbonyl (C=O) groups excluding carboxylic acids is 1. The molecule has 0 saturated carbocycles. The van der Waals surface area contributed by atoms with E-state index in [0.717, 1.165) is 31.3 Å². The zero-order valence-electron chi connectivity index (χ0n) is 12.8. The van der Waals surface area contributed by atoms with E-state index in [9.17, 15) is 4.79 Å². The maximum atomic E-state index is 11.3. The highest BCUT2D eigenvalue weighted by Crippen LogP contribution is 2.09. The van der Waals surface area contributed by atoms with Gasteiger partial charge >= 0.3 is 5.97 Å². The van der Waals surface area contributed by atoms with Crippen molar-refractivity contribution in [1.82, 2.24) is 0 Å². The standard InChI is InChI=1S/C17H28O2/c1-4-6-8-9-10-12-14-16(13-11-7-5-2)15-17(18)19-3/h15H,4-11,13H2,1-3H3/b16-15+. The predicted octanol–water partition coefficient (Wildman–Crippen LogP) is 4.64. The van der Waals surface area contributed by atoms with Crippen LogP contribution in [0.5, 0.6) is 0 Å². The van der Waals surface area contributed by atoms with Crippen LogP contribution in [0.25, 0.3) is 0 Å². The van der Waals surface area contributed by atoms with Crippen LogP contribution in [0.15, 0.2) is 11.6 Å². The van der Waals surface area contributed by atoms with E-state index in [1.165, 1.54) is 45.3 Å². The average Bonchev–Trinajstić information content (AvgIpc) is 2.42. The van der Waals surface area contributed by atoms with Gasteiger partial charge in [0.1, 0.15) is 0 Å². The maximum absolute atomic E-state index is 11.3. The van der Waals surface area contributed by atoms with Gasteiger partial charge in [-0.3, -0.25) is 0 Å². The summed E-state index contributed by atoms with van der Waals surface area (Å²) in [5.41, 5.74) is 0.913. The van der Waals surface area contributed by atoms with Crippen molar-refractivity contribution in [2.24, 2.45) is 0 Å². The first-order chi connectivity index (χ1) is 9.24. The van der Waals surface area contributed by atoms with Gasteiger partial charge in [0.15, 0.2) is 0 Å². The zero-order valence-corrected chi connectivity index (χ0v) is 12.8. The summed E-state index contributed by atoms with van der Waals surface area (Å²) in [6.07, 6.45) is 11.7. The van der Waals surface area contributed by atoms with Gasteiger partial charge in [0.25, 0.3) is 0 Å². The zero-order chi connectivity index (χ0) is 14.3. The first-order valence-corrected chi connectivity index (χ1v) is 7.52. The molecule has 0 aromatic carbocycles. The maximum Gasteiger partial charge on any atom is 0.331 e. The van der Waals surface area contributed by atoms with Crippen molar-refractivity contribution < 1.29 is 9.53 Å². The van der Waals surface area contributed by atoms with Crippen molar-refractivity contribution in [1.29, 1.82) is 0 Å². The van der Waals surface area contributed by atoms with Gasteiger partial charge in [-0.2, -0.15) is 0 Å². The molecule has 0 unspecified atom stereocenters. The molecular weight excluding hydrogens is 236 g/mol. The molecule has 0 aromatic heterocycles. The van der Waals surface area contributed by atoms with Gasteiger partial charge in [0.2, 0.25) is 0 Å². The first kappa shape index (κ1) is 17.8. The molecule has 0 atom stereocenters. The number of methoxy groups -OCH3 is 1. The Labute approximate surface area is 118 Å². The number of esters is 1. The fourth-order valence-corrected chi connectivity index (χ4v) is 1.75. The Morgan fingerprint density at radius 3 is 2.37 bits per heavy atom. The molecule has 2 heteroatoms. The molecule has 2 nitrogen and oxygen atoms in total. The Kier molecular flexibility index (Phi) is 12.4. The summed E-state index contributed by atoms with van der Waals surface area (Å²) in [6.45, 7) is 4.37. The van der Waals surface area contributed by atoms with Crippen LogP contribution in [-0.4, -0.2) is 13.1 Å². The second-order valence-corrected chi connectivity index (χ2v) is 4.76. The molecule has 0 fully saturated rings. The summed E-state index contributed by atoms with van der Waals surface area (Å²) >= 11 is 0. The Balaban J connectivity index is 4.21. The predicted molar refractivity (Wildman–Crippen MR) is 80.8 cm³/mol. The SMILES string of the molecule is CCCCCCC#C/C(=C/C(=O)OC)CCCCC. The first-order valence-electron chi connectivity index (χ1n) is 7.52. The summed E-state index contributed by atoms with van der Waals surface area (Å²) in [7, 11) is 1.40. The van der Waals surface area contributed by atoms with Crippen LogP contribution >= 0.6 is 0 Å². The summed E-state index contributed by atoms with van der Waals surface area (Å²) in [5, 5.41) is 0. The summed E-state index contributed by atoms with van der Waals surface area (Å²) in [6, 6.07) is 0. The van der Waals surface area contributed by atoms with Crippen molar-refractivity contribution in [2.45, 2.75) is 71.6 Å². The van der Waals surface area contributed by atoms with Gasteiger partial charge in [-0.05, 0) is 19.3 Å². The van der Waals surface area contributed by atoms with Crippen LogP contribution < -0.4 is 0 Å². The third-order valence-corrected chi connectivity index (χ3v) is 2.95. The van der Waals surface area contributed by atoms with Gasteiger partial charge in [0.05, 0.1) is 7.11 Å². The summed E-state index contributed by atoms with van der Waals surface area (Å²) in [4.78, 5) is 11.3. The quantitative estimate of drug-likeness (QED) is 0.262. The Morgan fingerprint density at radius 2 is 1.74 bits per heavy atom. The number of allylic oxidation sites excluding steroid dienone is 1. The lowest BCUT2D eigenvalue weighted by Crippen LogP contribution is -1.96. The van der Waals surface area contributed by atoms with Crippen LogP contribution in [0.3, 0.4) is 0 Å². The largest absolute Gasteiger partial charge is 0.466 e. The topological polar surface area (TPSA) is 26.3 Å². The van der Waals surface area contributed by atoms with Crippen LogP contribution in [-0.2, 0) is 9.53 Å². The molecular formula is C17H28O2. The molecule has 108 valence electrons. The van der Waals surface area contributed by atoms with Crippen LogP contribution in [0.4, 0.5) is 0 Å². The van der Waals surface area contributed by atoms with Gasteiger partial charge in [-0.15, -0.1) is 0 Å². The highest BCUT2D eigenvalue weighted by molar-refractivity contribution is 5.83. The average molecular weight is 264 g/mol. The second kappa shape index (κ2) is 13.2. The number of rotatable bonds is 9. The van der Waals surface area contributed by atoms with Gasteiger partial charge in [0, 0.05) is 18.1 Å². The monoisotopic (exact) mass is 264 g/mol. The van der Waals surface area contributed by atoms with Crippen LogP contribution in [0.2, 0.25) is 0 Å². The molecule has 0 rings (SSSR count). The molecule has 0 amide bonds. The molecule has 19 heavy (non-hydrogen) atoms. The van der Waals surface area contributed by atoms with Crippen LogP contribution in [0.1, 0.15) is 71.6 Å². The fourth-order valence-electron chi connectivity index (χ4n) is 1.75. The number of unbranched alkanes of at least 4 members (excludes halogenated alkanes) is 6.